The Morgan fingerprint density at radius 2 is 2.00 bits per heavy atom. The zero-order chi connectivity index (χ0) is 18.8. The minimum Gasteiger partial charge on any atom is -0.497 e. The second-order valence-electron chi connectivity index (χ2n) is 6.49. The summed E-state index contributed by atoms with van der Waals surface area (Å²) in [6.45, 7) is 2.31. The lowest BCUT2D eigenvalue weighted by atomic mass is 9.97. The minimum absolute atomic E-state index is 0.160. The van der Waals surface area contributed by atoms with Gasteiger partial charge in [-0.25, -0.2) is 0 Å². The molecule has 0 aliphatic heterocycles. The van der Waals surface area contributed by atoms with Crippen LogP contribution in [-0.4, -0.2) is 31.5 Å². The van der Waals surface area contributed by atoms with Crippen molar-refractivity contribution in [2.75, 3.05) is 13.7 Å². The van der Waals surface area contributed by atoms with Crippen LogP contribution in [0.1, 0.15) is 44.6 Å². The van der Waals surface area contributed by atoms with Crippen LogP contribution in [0.3, 0.4) is 0 Å². The minimum atomic E-state index is -0.566. The van der Waals surface area contributed by atoms with E-state index in [0.717, 1.165) is 30.6 Å². The van der Waals surface area contributed by atoms with Gasteiger partial charge in [0.2, 0.25) is 11.8 Å². The summed E-state index contributed by atoms with van der Waals surface area (Å²) in [4.78, 5) is 24.0. The maximum absolute atomic E-state index is 12.1. The first-order valence-electron chi connectivity index (χ1n) is 9.16. The lowest BCUT2D eigenvalue weighted by molar-refractivity contribution is -0.126. The number of allylic oxidation sites excluding steroid dienone is 1. The lowest BCUT2D eigenvalue weighted by Crippen LogP contribution is -2.44. The van der Waals surface area contributed by atoms with Crippen molar-refractivity contribution in [2.45, 2.75) is 45.1 Å². The van der Waals surface area contributed by atoms with Gasteiger partial charge in [-0.3, -0.25) is 9.59 Å². The van der Waals surface area contributed by atoms with Gasteiger partial charge in [0.05, 0.1) is 7.11 Å². The molecule has 0 saturated carbocycles. The van der Waals surface area contributed by atoms with Gasteiger partial charge in [0.15, 0.2) is 0 Å². The summed E-state index contributed by atoms with van der Waals surface area (Å²) < 4.78 is 5.09. The highest BCUT2D eigenvalue weighted by molar-refractivity contribution is 5.95. The summed E-state index contributed by atoms with van der Waals surface area (Å²) in [5.41, 5.74) is 2.31. The van der Waals surface area contributed by atoms with Gasteiger partial charge in [-0.2, -0.15) is 0 Å². The van der Waals surface area contributed by atoms with Crippen LogP contribution < -0.4 is 15.4 Å². The van der Waals surface area contributed by atoms with E-state index < -0.39 is 6.04 Å². The van der Waals surface area contributed by atoms with Gasteiger partial charge >= 0.3 is 0 Å². The Balaban J connectivity index is 1.71. The van der Waals surface area contributed by atoms with E-state index in [9.17, 15) is 9.59 Å². The fourth-order valence-corrected chi connectivity index (χ4v) is 2.85. The van der Waals surface area contributed by atoms with Crippen LogP contribution in [-0.2, 0) is 9.59 Å². The molecule has 0 heterocycles. The quantitative estimate of drug-likeness (QED) is 0.555. The molecule has 1 atom stereocenters. The highest BCUT2D eigenvalue weighted by Crippen LogP contribution is 2.19. The van der Waals surface area contributed by atoms with E-state index in [1.807, 2.05) is 24.3 Å². The largest absolute Gasteiger partial charge is 0.497 e. The molecule has 1 aliphatic carbocycles. The van der Waals surface area contributed by atoms with E-state index in [0.29, 0.717) is 6.54 Å². The molecule has 2 amide bonds. The highest BCUT2D eigenvalue weighted by atomic mass is 16.5. The van der Waals surface area contributed by atoms with Crippen LogP contribution in [0.15, 0.2) is 42.0 Å². The third-order valence-electron chi connectivity index (χ3n) is 4.43. The standard InChI is InChI=1S/C21H28N2O3/c1-16(21(25)22-15-14-17-6-4-3-5-7-17)23-20(24)13-10-18-8-11-19(26-2)12-9-18/h6,8-13,16H,3-5,7,14-15H2,1-2H3,(H,22,25)(H,23,24)/b13-10+. The molecule has 1 aromatic rings. The third kappa shape index (κ3) is 6.75. The number of amides is 2. The lowest BCUT2D eigenvalue weighted by Gasteiger charge is -2.15. The molecule has 0 spiro atoms. The van der Waals surface area contributed by atoms with Crippen LogP contribution in [0.4, 0.5) is 0 Å². The van der Waals surface area contributed by atoms with E-state index in [1.54, 1.807) is 20.1 Å². The van der Waals surface area contributed by atoms with Crippen molar-refractivity contribution >= 4 is 17.9 Å². The van der Waals surface area contributed by atoms with Crippen molar-refractivity contribution in [3.63, 3.8) is 0 Å². The number of nitrogens with one attached hydrogen (secondary N) is 2. The maximum Gasteiger partial charge on any atom is 0.244 e. The molecule has 0 bridgehead atoms. The first kappa shape index (κ1) is 19.8. The van der Waals surface area contributed by atoms with Crippen molar-refractivity contribution in [2.24, 2.45) is 0 Å². The van der Waals surface area contributed by atoms with Gasteiger partial charge in [-0.05, 0) is 62.8 Å². The molecular weight excluding hydrogens is 328 g/mol. The molecule has 2 N–H and O–H groups in total. The smallest absolute Gasteiger partial charge is 0.244 e. The molecule has 1 aromatic carbocycles. The first-order valence-corrected chi connectivity index (χ1v) is 9.16. The SMILES string of the molecule is COc1ccc(/C=C/C(=O)NC(C)C(=O)NCCC2=CCCCC2)cc1. The van der Waals surface area contributed by atoms with Crippen LogP contribution >= 0.6 is 0 Å². The van der Waals surface area contributed by atoms with E-state index in [4.69, 9.17) is 4.74 Å². The Hall–Kier alpha value is -2.56. The number of hydrogen-bond acceptors (Lipinski definition) is 3. The summed E-state index contributed by atoms with van der Waals surface area (Å²) >= 11 is 0. The van der Waals surface area contributed by atoms with Crippen LogP contribution in [0, 0.1) is 0 Å². The molecule has 0 fully saturated rings. The molecule has 140 valence electrons. The van der Waals surface area contributed by atoms with Gasteiger partial charge in [0, 0.05) is 12.6 Å². The predicted molar refractivity (Wildman–Crippen MR) is 104 cm³/mol. The number of carbonyl (C=O) groups excluding carboxylic acids is 2. The predicted octanol–water partition coefficient (Wildman–Crippen LogP) is 3.22. The maximum atomic E-state index is 12.1. The topological polar surface area (TPSA) is 67.4 Å². The van der Waals surface area contributed by atoms with Crippen LogP contribution in [0.2, 0.25) is 0 Å². The Kier molecular flexibility index (Phi) is 7.93. The Labute approximate surface area is 155 Å². The Bertz CT molecular complexity index is 662. The van der Waals surface area contributed by atoms with E-state index >= 15 is 0 Å². The summed E-state index contributed by atoms with van der Waals surface area (Å²) in [7, 11) is 1.61. The summed E-state index contributed by atoms with van der Waals surface area (Å²) in [5.74, 6) is 0.312. The fourth-order valence-electron chi connectivity index (χ4n) is 2.85. The summed E-state index contributed by atoms with van der Waals surface area (Å²) in [6, 6.07) is 6.81. The van der Waals surface area contributed by atoms with Crippen molar-refractivity contribution in [1.82, 2.24) is 10.6 Å². The van der Waals surface area contributed by atoms with E-state index in [2.05, 4.69) is 16.7 Å². The van der Waals surface area contributed by atoms with Gasteiger partial charge in [0.25, 0.3) is 0 Å². The zero-order valence-corrected chi connectivity index (χ0v) is 15.6. The van der Waals surface area contributed by atoms with Gasteiger partial charge < -0.3 is 15.4 Å². The van der Waals surface area contributed by atoms with Crippen molar-refractivity contribution in [3.8, 4) is 5.75 Å². The average Bonchev–Trinajstić information content (AvgIpc) is 2.67. The van der Waals surface area contributed by atoms with Gasteiger partial charge in [0.1, 0.15) is 11.8 Å². The molecule has 0 aromatic heterocycles. The van der Waals surface area contributed by atoms with Crippen LogP contribution in [0.5, 0.6) is 5.75 Å². The second kappa shape index (κ2) is 10.4. The number of hydrogen-bond donors (Lipinski definition) is 2. The zero-order valence-electron chi connectivity index (χ0n) is 15.6. The molecule has 5 nitrogen and oxygen atoms in total. The molecule has 0 radical (unpaired) electrons. The van der Waals surface area contributed by atoms with Crippen molar-refractivity contribution in [3.05, 3.63) is 47.6 Å². The number of carbonyl (C=O) groups is 2. The number of methoxy groups -OCH3 is 1. The molecule has 1 unspecified atom stereocenters. The van der Waals surface area contributed by atoms with Gasteiger partial charge in [-0.15, -0.1) is 0 Å². The molecule has 1 aliphatic rings. The normalized spacial score (nSPS) is 15.2. The average molecular weight is 356 g/mol. The Morgan fingerprint density at radius 3 is 2.65 bits per heavy atom. The monoisotopic (exact) mass is 356 g/mol. The molecule has 26 heavy (non-hydrogen) atoms. The van der Waals surface area contributed by atoms with Crippen LogP contribution in [0.25, 0.3) is 6.08 Å². The molecule has 5 heteroatoms. The summed E-state index contributed by atoms with van der Waals surface area (Å²) in [6.07, 6.45) is 11.1. The molecule has 0 saturated heterocycles. The van der Waals surface area contributed by atoms with Crippen molar-refractivity contribution in [1.29, 1.82) is 0 Å². The number of rotatable bonds is 8. The Morgan fingerprint density at radius 1 is 1.23 bits per heavy atom. The van der Waals surface area contributed by atoms with Gasteiger partial charge in [-0.1, -0.05) is 23.8 Å². The fraction of sp³-hybridized carbons (Fsp3) is 0.429. The second-order valence-corrected chi connectivity index (χ2v) is 6.49. The number of ether oxygens (including phenoxy) is 1. The van der Waals surface area contributed by atoms with Crippen molar-refractivity contribution < 1.29 is 14.3 Å². The molecular formula is C21H28N2O3. The number of benzene rings is 1. The van der Waals surface area contributed by atoms with E-state index in [-0.39, 0.29) is 11.8 Å². The van der Waals surface area contributed by atoms with E-state index in [1.165, 1.54) is 24.5 Å². The summed E-state index contributed by atoms with van der Waals surface area (Å²) in [5, 5.41) is 5.57. The highest BCUT2D eigenvalue weighted by Gasteiger charge is 2.14. The first-order chi connectivity index (χ1) is 12.6. The molecule has 2 rings (SSSR count). The third-order valence-corrected chi connectivity index (χ3v) is 4.43.